The van der Waals surface area contributed by atoms with E-state index < -0.39 is 0 Å². The van der Waals surface area contributed by atoms with Crippen molar-refractivity contribution in [3.8, 4) is 0 Å². The topological polar surface area (TPSA) is 20.3 Å². The maximum Gasteiger partial charge on any atom is 0.254 e. The molecule has 0 atom stereocenters. The summed E-state index contributed by atoms with van der Waals surface area (Å²) in [6.45, 7) is 1.45. The zero-order valence-corrected chi connectivity index (χ0v) is 9.47. The molecule has 0 radical (unpaired) electrons. The number of hydrogen-bond donors (Lipinski definition) is 0. The van der Waals surface area contributed by atoms with Gasteiger partial charge in [-0.3, -0.25) is 4.79 Å². The van der Waals surface area contributed by atoms with E-state index in [0.717, 1.165) is 18.7 Å². The molecule has 1 aliphatic heterocycles. The normalized spacial score (nSPS) is 13.5. The molecule has 0 N–H and O–H groups in total. The minimum Gasteiger partial charge on any atom is -0.330 e. The Balaban J connectivity index is 1.84. The maximum atomic E-state index is 12.2. The molecule has 1 amide bonds. The Kier molecular flexibility index (Phi) is 2.41. The highest BCUT2D eigenvalue weighted by Crippen LogP contribution is 2.23. The second kappa shape index (κ2) is 4.06. The van der Waals surface area contributed by atoms with Crippen LogP contribution in [0.3, 0.4) is 0 Å². The van der Waals surface area contributed by atoms with Gasteiger partial charge < -0.3 is 4.90 Å². The van der Waals surface area contributed by atoms with Crippen LogP contribution in [0.25, 0.3) is 0 Å². The van der Waals surface area contributed by atoms with E-state index in [0.29, 0.717) is 0 Å². The lowest BCUT2D eigenvalue weighted by molar-refractivity contribution is 0.0751. The summed E-state index contributed by atoms with van der Waals surface area (Å²) in [7, 11) is 0. The molecule has 0 bridgehead atoms. The third-order valence-electron chi connectivity index (χ3n) is 3.15. The first kappa shape index (κ1) is 10.1. The van der Waals surface area contributed by atoms with E-state index in [1.165, 1.54) is 11.1 Å². The lowest BCUT2D eigenvalue weighted by Gasteiger charge is -2.15. The number of rotatable bonds is 1. The highest BCUT2D eigenvalue weighted by Gasteiger charge is 2.23. The predicted octanol–water partition coefficient (Wildman–Crippen LogP) is 2.84. The second-order valence-corrected chi connectivity index (χ2v) is 4.30. The monoisotopic (exact) mass is 223 g/mol. The van der Waals surface area contributed by atoms with Crippen LogP contribution in [0.4, 0.5) is 0 Å². The van der Waals surface area contributed by atoms with Crippen LogP contribution >= 0.6 is 0 Å². The number of benzene rings is 2. The molecular formula is C15H13NO. The van der Waals surface area contributed by atoms with E-state index >= 15 is 0 Å². The number of carbonyl (C=O) groups excluding carboxylic acids is 1. The Labute approximate surface area is 100 Å². The summed E-state index contributed by atoms with van der Waals surface area (Å²) in [4.78, 5) is 14.1. The SMILES string of the molecule is O=C(c1ccccc1)N1Cc2ccccc2C1. The highest BCUT2D eigenvalue weighted by atomic mass is 16.2. The van der Waals surface area contributed by atoms with E-state index in [1.807, 2.05) is 47.4 Å². The number of fused-ring (bicyclic) bond motifs is 1. The van der Waals surface area contributed by atoms with Crippen molar-refractivity contribution in [1.29, 1.82) is 0 Å². The fourth-order valence-corrected chi connectivity index (χ4v) is 2.24. The third kappa shape index (κ3) is 1.82. The fourth-order valence-electron chi connectivity index (χ4n) is 2.24. The van der Waals surface area contributed by atoms with Gasteiger partial charge in [0.15, 0.2) is 0 Å². The summed E-state index contributed by atoms with van der Waals surface area (Å²) in [5, 5.41) is 0. The van der Waals surface area contributed by atoms with Crippen LogP contribution in [-0.2, 0) is 13.1 Å². The van der Waals surface area contributed by atoms with E-state index in [2.05, 4.69) is 12.1 Å². The predicted molar refractivity (Wildman–Crippen MR) is 66.5 cm³/mol. The molecule has 1 aliphatic rings. The standard InChI is InChI=1S/C15H13NO/c17-15(12-6-2-1-3-7-12)16-10-13-8-4-5-9-14(13)11-16/h1-9H,10-11H2. The number of hydrogen-bond acceptors (Lipinski definition) is 1. The van der Waals surface area contributed by atoms with Crippen molar-refractivity contribution < 1.29 is 4.79 Å². The molecule has 0 unspecified atom stereocenters. The molecule has 0 fully saturated rings. The smallest absolute Gasteiger partial charge is 0.254 e. The van der Waals surface area contributed by atoms with Crippen LogP contribution in [0, 0.1) is 0 Å². The van der Waals surface area contributed by atoms with E-state index in [1.54, 1.807) is 0 Å². The lowest BCUT2D eigenvalue weighted by Crippen LogP contribution is -2.25. The molecule has 0 saturated carbocycles. The van der Waals surface area contributed by atoms with Crippen molar-refractivity contribution in [3.05, 3.63) is 71.3 Å². The molecule has 0 aromatic heterocycles. The van der Waals surface area contributed by atoms with Crippen molar-refractivity contribution in [3.63, 3.8) is 0 Å². The van der Waals surface area contributed by atoms with Gasteiger partial charge in [-0.05, 0) is 23.3 Å². The first-order chi connectivity index (χ1) is 8.34. The van der Waals surface area contributed by atoms with Gasteiger partial charge in [-0.2, -0.15) is 0 Å². The van der Waals surface area contributed by atoms with Gasteiger partial charge in [0.1, 0.15) is 0 Å². The molecular weight excluding hydrogens is 210 g/mol. The average molecular weight is 223 g/mol. The van der Waals surface area contributed by atoms with E-state index in [9.17, 15) is 4.79 Å². The van der Waals surface area contributed by atoms with E-state index in [-0.39, 0.29) is 5.91 Å². The van der Waals surface area contributed by atoms with Gasteiger partial charge in [-0.15, -0.1) is 0 Å². The zero-order chi connectivity index (χ0) is 11.7. The Morgan fingerprint density at radius 2 is 1.35 bits per heavy atom. The molecule has 2 aromatic rings. The largest absolute Gasteiger partial charge is 0.330 e. The summed E-state index contributed by atoms with van der Waals surface area (Å²) in [5.74, 6) is 0.113. The molecule has 3 rings (SSSR count). The minimum atomic E-state index is 0.113. The van der Waals surface area contributed by atoms with Gasteiger partial charge in [0.2, 0.25) is 0 Å². The van der Waals surface area contributed by atoms with Gasteiger partial charge in [-0.1, -0.05) is 42.5 Å². The zero-order valence-electron chi connectivity index (χ0n) is 9.47. The van der Waals surface area contributed by atoms with Crippen LogP contribution in [0.1, 0.15) is 21.5 Å². The summed E-state index contributed by atoms with van der Waals surface area (Å²) in [6.07, 6.45) is 0. The van der Waals surface area contributed by atoms with Crippen molar-refractivity contribution in [2.24, 2.45) is 0 Å². The van der Waals surface area contributed by atoms with E-state index in [4.69, 9.17) is 0 Å². The summed E-state index contributed by atoms with van der Waals surface area (Å²) in [5.41, 5.74) is 3.29. The number of amides is 1. The van der Waals surface area contributed by atoms with Gasteiger partial charge >= 0.3 is 0 Å². The van der Waals surface area contributed by atoms with Crippen LogP contribution in [0.2, 0.25) is 0 Å². The van der Waals surface area contributed by atoms with Gasteiger partial charge in [-0.25, -0.2) is 0 Å². The fraction of sp³-hybridized carbons (Fsp3) is 0.133. The first-order valence-electron chi connectivity index (χ1n) is 5.76. The summed E-state index contributed by atoms with van der Waals surface area (Å²) >= 11 is 0. The number of carbonyl (C=O) groups is 1. The van der Waals surface area contributed by atoms with Crippen LogP contribution in [-0.4, -0.2) is 10.8 Å². The molecule has 2 heteroatoms. The Bertz CT molecular complexity index is 523. The van der Waals surface area contributed by atoms with Crippen molar-refractivity contribution >= 4 is 5.91 Å². The van der Waals surface area contributed by atoms with Crippen molar-refractivity contribution in [1.82, 2.24) is 4.90 Å². The minimum absolute atomic E-state index is 0.113. The Hall–Kier alpha value is -2.09. The Morgan fingerprint density at radius 1 is 0.824 bits per heavy atom. The van der Waals surface area contributed by atoms with Crippen LogP contribution in [0.5, 0.6) is 0 Å². The van der Waals surface area contributed by atoms with Gasteiger partial charge in [0.25, 0.3) is 5.91 Å². The third-order valence-corrected chi connectivity index (χ3v) is 3.15. The van der Waals surface area contributed by atoms with Crippen LogP contribution < -0.4 is 0 Å². The van der Waals surface area contributed by atoms with Crippen molar-refractivity contribution in [2.45, 2.75) is 13.1 Å². The molecule has 2 nitrogen and oxygen atoms in total. The molecule has 84 valence electrons. The average Bonchev–Trinajstić information content (AvgIpc) is 2.82. The van der Waals surface area contributed by atoms with Crippen molar-refractivity contribution in [2.75, 3.05) is 0 Å². The van der Waals surface area contributed by atoms with Gasteiger partial charge in [0, 0.05) is 18.7 Å². The second-order valence-electron chi connectivity index (χ2n) is 4.30. The van der Waals surface area contributed by atoms with Gasteiger partial charge in [0.05, 0.1) is 0 Å². The quantitative estimate of drug-likeness (QED) is 0.728. The Morgan fingerprint density at radius 3 is 1.94 bits per heavy atom. The molecule has 17 heavy (non-hydrogen) atoms. The number of nitrogens with zero attached hydrogens (tertiary/aromatic N) is 1. The maximum absolute atomic E-state index is 12.2. The molecule has 0 aliphatic carbocycles. The highest BCUT2D eigenvalue weighted by molar-refractivity contribution is 5.94. The molecule has 1 heterocycles. The molecule has 2 aromatic carbocycles. The summed E-state index contributed by atoms with van der Waals surface area (Å²) in [6, 6.07) is 17.7. The molecule has 0 saturated heterocycles. The van der Waals surface area contributed by atoms with Crippen LogP contribution in [0.15, 0.2) is 54.6 Å². The first-order valence-corrected chi connectivity index (χ1v) is 5.76. The lowest BCUT2D eigenvalue weighted by atomic mass is 10.1. The summed E-state index contributed by atoms with van der Waals surface area (Å²) < 4.78 is 0. The molecule has 0 spiro atoms.